The van der Waals surface area contributed by atoms with Gasteiger partial charge in [0.2, 0.25) is 5.88 Å². The molecular weight excluding hydrogens is 528 g/mol. The Morgan fingerprint density at radius 1 is 1.07 bits per heavy atom. The molecule has 40 heavy (non-hydrogen) atoms. The first kappa shape index (κ1) is 26.2. The number of rotatable bonds is 9. The summed E-state index contributed by atoms with van der Waals surface area (Å²) in [6.07, 6.45) is 8.65. The normalized spacial score (nSPS) is 19.7. The lowest BCUT2D eigenvalue weighted by molar-refractivity contribution is 0.0691. The van der Waals surface area contributed by atoms with Crippen molar-refractivity contribution in [3.05, 3.63) is 76.6 Å². The summed E-state index contributed by atoms with van der Waals surface area (Å²) < 4.78 is 8.24. The van der Waals surface area contributed by atoms with Crippen LogP contribution < -0.4 is 4.74 Å². The van der Waals surface area contributed by atoms with Crippen LogP contribution in [-0.4, -0.2) is 41.7 Å². The monoisotopic (exact) mass is 556 g/mol. The summed E-state index contributed by atoms with van der Waals surface area (Å²) in [5.74, 6) is 1.52. The van der Waals surface area contributed by atoms with E-state index < -0.39 is 11.4 Å². The minimum absolute atomic E-state index is 0.0132. The molecular formula is C30H29ClN6O3. The number of nitriles is 1. The fraction of sp³-hybridized carbons (Fsp3) is 0.400. The predicted octanol–water partition coefficient (Wildman–Crippen LogP) is 5.65. The van der Waals surface area contributed by atoms with Crippen LogP contribution in [0.5, 0.6) is 5.88 Å². The lowest BCUT2D eigenvalue weighted by Crippen LogP contribution is -2.26. The second-order valence-electron chi connectivity index (χ2n) is 10.9. The van der Waals surface area contributed by atoms with Crippen LogP contribution in [0.1, 0.15) is 66.2 Å². The molecule has 0 spiro atoms. The molecule has 0 unspecified atom stereocenters. The fourth-order valence-electron chi connectivity index (χ4n) is 5.45. The van der Waals surface area contributed by atoms with Crippen molar-refractivity contribution in [3.63, 3.8) is 0 Å². The van der Waals surface area contributed by atoms with E-state index in [1.807, 2.05) is 28.8 Å². The first-order valence-corrected chi connectivity index (χ1v) is 14.0. The summed E-state index contributed by atoms with van der Waals surface area (Å²) in [6.45, 7) is 0.496. The zero-order chi connectivity index (χ0) is 27.7. The van der Waals surface area contributed by atoms with Crippen molar-refractivity contribution in [3.8, 4) is 11.9 Å². The molecule has 3 aromatic heterocycles. The van der Waals surface area contributed by atoms with Crippen LogP contribution >= 0.6 is 11.6 Å². The van der Waals surface area contributed by atoms with Crippen LogP contribution in [0, 0.1) is 22.7 Å². The molecule has 2 fully saturated rings. The number of hydrogen-bond donors (Lipinski definition) is 1. The number of pyridine rings is 1. The number of carbonyl (C=O) groups is 1. The van der Waals surface area contributed by atoms with Gasteiger partial charge in [-0.25, -0.2) is 19.7 Å². The molecule has 4 aromatic rings. The molecule has 0 saturated heterocycles. The SMILES string of the molecule is N#CC1(Cn2c(C[C@H]3CC[C@H](Oc4ccnc(Cc5ccc(Cl)cc5)n4)CC3)nc3ccc(C(=O)O)nc32)CC1. The number of aromatic nitrogens is 5. The maximum Gasteiger partial charge on any atom is 0.354 e. The van der Waals surface area contributed by atoms with Crippen LogP contribution in [0.4, 0.5) is 0 Å². The maximum atomic E-state index is 11.5. The van der Waals surface area contributed by atoms with Gasteiger partial charge < -0.3 is 14.4 Å². The number of aromatic carboxylic acids is 1. The molecule has 10 heteroatoms. The summed E-state index contributed by atoms with van der Waals surface area (Å²) in [6, 6.07) is 15.1. The molecule has 9 nitrogen and oxygen atoms in total. The smallest absolute Gasteiger partial charge is 0.354 e. The van der Waals surface area contributed by atoms with Gasteiger partial charge in [-0.2, -0.15) is 10.2 Å². The number of ether oxygens (including phenoxy) is 1. The highest BCUT2D eigenvalue weighted by molar-refractivity contribution is 6.30. The average molecular weight is 557 g/mol. The summed E-state index contributed by atoms with van der Waals surface area (Å²) in [4.78, 5) is 29.8. The Bertz CT molecular complexity index is 1580. The van der Waals surface area contributed by atoms with Gasteiger partial charge in [-0.1, -0.05) is 23.7 Å². The lowest BCUT2D eigenvalue weighted by Gasteiger charge is -2.28. The van der Waals surface area contributed by atoms with Gasteiger partial charge in [0.05, 0.1) is 11.5 Å². The number of hydrogen-bond acceptors (Lipinski definition) is 7. The zero-order valence-corrected chi connectivity index (χ0v) is 22.7. The maximum absolute atomic E-state index is 11.5. The van der Waals surface area contributed by atoms with Crippen molar-refractivity contribution in [2.24, 2.45) is 11.3 Å². The topological polar surface area (TPSA) is 127 Å². The minimum atomic E-state index is -1.07. The number of carboxylic acids is 1. The van der Waals surface area contributed by atoms with E-state index in [0.29, 0.717) is 46.8 Å². The highest BCUT2D eigenvalue weighted by Crippen LogP contribution is 2.47. The summed E-state index contributed by atoms with van der Waals surface area (Å²) in [5.41, 5.74) is 1.89. The minimum Gasteiger partial charge on any atom is -0.477 e. The van der Waals surface area contributed by atoms with Gasteiger partial charge in [0.25, 0.3) is 0 Å². The second-order valence-corrected chi connectivity index (χ2v) is 11.4. The van der Waals surface area contributed by atoms with E-state index in [2.05, 4.69) is 21.0 Å². The van der Waals surface area contributed by atoms with Crippen LogP contribution in [0.3, 0.4) is 0 Å². The Morgan fingerprint density at radius 2 is 1.85 bits per heavy atom. The number of benzene rings is 1. The number of carboxylic acid groups (broad SMARTS) is 1. The van der Waals surface area contributed by atoms with Gasteiger partial charge in [-0.05, 0) is 74.3 Å². The third-order valence-corrected chi connectivity index (χ3v) is 8.20. The van der Waals surface area contributed by atoms with Crippen molar-refractivity contribution < 1.29 is 14.6 Å². The van der Waals surface area contributed by atoms with Gasteiger partial charge >= 0.3 is 5.97 Å². The number of nitrogens with zero attached hydrogens (tertiary/aromatic N) is 6. The standard InChI is InChI=1S/C30H29ClN6O3/c31-21-5-1-19(2-6-21)15-25-33-14-11-27(36-25)40-22-7-3-20(4-8-22)16-26-34-23-9-10-24(29(38)39)35-28(23)37(26)18-30(17-32)12-13-30/h1-2,5-6,9-11,14,20,22H,3-4,7-8,12-13,15-16,18H2,(H,38,39)/t20-,22-. The molecule has 204 valence electrons. The van der Waals surface area contributed by atoms with E-state index in [4.69, 9.17) is 21.3 Å². The molecule has 3 heterocycles. The van der Waals surface area contributed by atoms with E-state index in [0.717, 1.165) is 56.3 Å². The van der Waals surface area contributed by atoms with Crippen molar-refractivity contribution in [1.29, 1.82) is 5.26 Å². The number of imidazole rings is 1. The summed E-state index contributed by atoms with van der Waals surface area (Å²) >= 11 is 5.99. The van der Waals surface area contributed by atoms with Crippen molar-refractivity contribution >= 4 is 28.7 Å². The molecule has 0 radical (unpaired) electrons. The molecule has 2 saturated carbocycles. The van der Waals surface area contributed by atoms with Gasteiger partial charge in [0.1, 0.15) is 23.3 Å². The van der Waals surface area contributed by atoms with E-state index in [1.54, 1.807) is 18.3 Å². The van der Waals surface area contributed by atoms with E-state index in [1.165, 1.54) is 6.07 Å². The molecule has 0 bridgehead atoms. The van der Waals surface area contributed by atoms with Gasteiger partial charge in [-0.3, -0.25) is 0 Å². The van der Waals surface area contributed by atoms with Gasteiger partial charge in [0, 0.05) is 36.7 Å². The number of halogens is 1. The Labute approximate surface area is 236 Å². The summed E-state index contributed by atoms with van der Waals surface area (Å²) in [5, 5.41) is 19.9. The van der Waals surface area contributed by atoms with Crippen molar-refractivity contribution in [2.45, 2.75) is 64.0 Å². The quantitative estimate of drug-likeness (QED) is 0.280. The summed E-state index contributed by atoms with van der Waals surface area (Å²) in [7, 11) is 0. The third-order valence-electron chi connectivity index (χ3n) is 7.95. The van der Waals surface area contributed by atoms with E-state index >= 15 is 0 Å². The predicted molar refractivity (Wildman–Crippen MR) is 148 cm³/mol. The average Bonchev–Trinajstić information content (AvgIpc) is 3.66. The molecule has 1 N–H and O–H groups in total. The second kappa shape index (κ2) is 10.9. The van der Waals surface area contributed by atoms with Gasteiger partial charge in [0.15, 0.2) is 11.3 Å². The Morgan fingerprint density at radius 3 is 2.55 bits per heavy atom. The molecule has 1 aromatic carbocycles. The first-order valence-electron chi connectivity index (χ1n) is 13.6. The molecule has 0 amide bonds. The number of fused-ring (bicyclic) bond motifs is 1. The highest BCUT2D eigenvalue weighted by atomic mass is 35.5. The largest absolute Gasteiger partial charge is 0.477 e. The van der Waals surface area contributed by atoms with Crippen LogP contribution in [0.15, 0.2) is 48.7 Å². The van der Waals surface area contributed by atoms with E-state index in [9.17, 15) is 15.2 Å². The zero-order valence-electron chi connectivity index (χ0n) is 22.0. The Kier molecular flexibility index (Phi) is 7.11. The molecule has 2 aliphatic rings. The Balaban J connectivity index is 1.11. The van der Waals surface area contributed by atoms with Crippen LogP contribution in [0.25, 0.3) is 11.2 Å². The first-order chi connectivity index (χ1) is 19.4. The van der Waals surface area contributed by atoms with Gasteiger partial charge in [-0.15, -0.1) is 0 Å². The fourth-order valence-corrected chi connectivity index (χ4v) is 5.57. The lowest BCUT2D eigenvalue weighted by atomic mass is 9.85. The molecule has 6 rings (SSSR count). The van der Waals surface area contributed by atoms with E-state index in [-0.39, 0.29) is 11.8 Å². The van der Waals surface area contributed by atoms with Crippen LogP contribution in [0.2, 0.25) is 5.02 Å². The molecule has 0 atom stereocenters. The Hall–Kier alpha value is -4.03. The van der Waals surface area contributed by atoms with Crippen molar-refractivity contribution in [2.75, 3.05) is 0 Å². The molecule has 0 aliphatic heterocycles. The molecule has 2 aliphatic carbocycles. The van der Waals surface area contributed by atoms with Crippen molar-refractivity contribution in [1.82, 2.24) is 24.5 Å². The third kappa shape index (κ3) is 5.77. The van der Waals surface area contributed by atoms with Crippen LogP contribution in [-0.2, 0) is 19.4 Å². The highest BCUT2D eigenvalue weighted by Gasteiger charge is 2.44.